The second-order valence-electron chi connectivity index (χ2n) is 7.51. The molecule has 1 amide bonds. The Labute approximate surface area is 188 Å². The summed E-state index contributed by atoms with van der Waals surface area (Å²) in [6.07, 6.45) is 0. The summed E-state index contributed by atoms with van der Waals surface area (Å²) in [5.74, 6) is -0.429. The van der Waals surface area contributed by atoms with Crippen LogP contribution in [0.2, 0.25) is 0 Å². The molecule has 0 radical (unpaired) electrons. The van der Waals surface area contributed by atoms with E-state index in [9.17, 15) is 14.0 Å². The van der Waals surface area contributed by atoms with Gasteiger partial charge in [0.05, 0.1) is 31.6 Å². The number of halogens is 1. The number of hydrogen-bond acceptors (Lipinski definition) is 5. The molecule has 2 atom stereocenters. The van der Waals surface area contributed by atoms with Gasteiger partial charge < -0.3 is 19.5 Å². The summed E-state index contributed by atoms with van der Waals surface area (Å²) in [6, 6.07) is 8.45. The number of hydrogen-bond donors (Lipinski definition) is 1. The molecule has 1 aliphatic rings. The normalized spacial score (nSPS) is 15.0. The first kappa shape index (κ1) is 23.1. The highest BCUT2D eigenvalue weighted by atomic mass is 32.1. The number of ether oxygens (including phenoxy) is 1. The van der Waals surface area contributed by atoms with Crippen molar-refractivity contribution in [2.45, 2.75) is 26.8 Å². The molecular formula is C22H24FN2O4PS. The van der Waals surface area contributed by atoms with E-state index in [0.717, 1.165) is 0 Å². The van der Waals surface area contributed by atoms with Gasteiger partial charge in [0, 0.05) is 0 Å². The van der Waals surface area contributed by atoms with Crippen LogP contribution in [0.3, 0.4) is 0 Å². The number of anilines is 1. The number of amides is 1. The van der Waals surface area contributed by atoms with Crippen LogP contribution in [0.4, 0.5) is 10.1 Å². The fourth-order valence-electron chi connectivity index (χ4n) is 3.44. The third kappa shape index (κ3) is 5.20. The predicted molar refractivity (Wildman–Crippen MR) is 124 cm³/mol. The zero-order valence-corrected chi connectivity index (χ0v) is 19.5. The second-order valence-corrected chi connectivity index (χ2v) is 8.62. The predicted octanol–water partition coefficient (Wildman–Crippen LogP) is 4.91. The van der Waals surface area contributed by atoms with E-state index in [4.69, 9.17) is 21.5 Å². The summed E-state index contributed by atoms with van der Waals surface area (Å²) in [5, 5.41) is 3.07. The van der Waals surface area contributed by atoms with Gasteiger partial charge >= 0.3 is 5.97 Å². The minimum absolute atomic E-state index is 0.0177. The number of nitrogens with zero attached hydrogens (tertiary/aromatic N) is 1. The Morgan fingerprint density at radius 2 is 2.00 bits per heavy atom. The molecule has 0 spiro atoms. The van der Waals surface area contributed by atoms with Crippen LogP contribution in [-0.2, 0) is 9.32 Å². The highest BCUT2D eigenvalue weighted by molar-refractivity contribution is 7.80. The highest BCUT2D eigenvalue weighted by Crippen LogP contribution is 2.32. The number of fused-ring (bicyclic) bond motifs is 1. The van der Waals surface area contributed by atoms with Crippen molar-refractivity contribution in [1.29, 1.82) is 0 Å². The molecule has 9 heteroatoms. The van der Waals surface area contributed by atoms with Crippen LogP contribution in [0.25, 0.3) is 0 Å². The van der Waals surface area contributed by atoms with Crippen LogP contribution in [0, 0.1) is 18.7 Å². The molecule has 6 nitrogen and oxygen atoms in total. The largest absolute Gasteiger partial charge is 0.457 e. The number of benzene rings is 2. The molecule has 2 unspecified atom stereocenters. The van der Waals surface area contributed by atoms with E-state index >= 15 is 0 Å². The molecule has 2 aromatic rings. The van der Waals surface area contributed by atoms with Gasteiger partial charge in [-0.2, -0.15) is 0 Å². The average molecular weight is 462 g/mol. The molecule has 0 bridgehead atoms. The minimum atomic E-state index is -0.769. The van der Waals surface area contributed by atoms with E-state index in [1.165, 1.54) is 23.1 Å². The lowest BCUT2D eigenvalue weighted by Crippen LogP contribution is -2.49. The number of carbonyl (C=O) groups is 2. The fourth-order valence-corrected chi connectivity index (χ4v) is 4.01. The third-order valence-electron chi connectivity index (χ3n) is 4.85. The summed E-state index contributed by atoms with van der Waals surface area (Å²) < 4.78 is 24.5. The molecule has 1 N–H and O–H groups in total. The van der Waals surface area contributed by atoms with Gasteiger partial charge in [0.2, 0.25) is 0 Å². The van der Waals surface area contributed by atoms with E-state index in [-0.39, 0.29) is 33.0 Å². The molecule has 164 valence electrons. The highest BCUT2D eigenvalue weighted by Gasteiger charge is 2.37. The van der Waals surface area contributed by atoms with Crippen LogP contribution >= 0.6 is 21.0 Å². The van der Waals surface area contributed by atoms with Gasteiger partial charge in [0.1, 0.15) is 23.4 Å². The van der Waals surface area contributed by atoms with Gasteiger partial charge in [0.15, 0.2) is 0 Å². The van der Waals surface area contributed by atoms with Crippen LogP contribution in [-0.4, -0.2) is 41.0 Å². The maximum Gasteiger partial charge on any atom is 0.331 e. The van der Waals surface area contributed by atoms with E-state index in [1.54, 1.807) is 31.8 Å². The van der Waals surface area contributed by atoms with Crippen molar-refractivity contribution >= 4 is 43.6 Å². The summed E-state index contributed by atoms with van der Waals surface area (Å²) in [6.45, 7) is 7.30. The molecule has 2 aromatic carbocycles. The Bertz CT molecular complexity index is 1030. The number of carbonyl (C=O) groups excluding carboxylic acids is 2. The summed E-state index contributed by atoms with van der Waals surface area (Å²) in [4.78, 5) is 27.9. The maximum atomic E-state index is 13.5. The first-order valence-corrected chi connectivity index (χ1v) is 11.6. The lowest BCUT2D eigenvalue weighted by atomic mass is 10.0. The zero-order chi connectivity index (χ0) is 22.7. The Kier molecular flexibility index (Phi) is 7.23. The van der Waals surface area contributed by atoms with Crippen LogP contribution in [0.5, 0.6) is 11.5 Å². The Morgan fingerprint density at radius 3 is 2.65 bits per heavy atom. The Hall–Kier alpha value is -2.57. The van der Waals surface area contributed by atoms with Gasteiger partial charge in [-0.1, -0.05) is 26.1 Å². The first-order valence-electron chi connectivity index (χ1n) is 9.77. The van der Waals surface area contributed by atoms with Gasteiger partial charge in [0.25, 0.3) is 5.91 Å². The minimum Gasteiger partial charge on any atom is -0.457 e. The summed E-state index contributed by atoms with van der Waals surface area (Å²) >= 11 is 5.40. The van der Waals surface area contributed by atoms with E-state index in [0.29, 0.717) is 33.3 Å². The topological polar surface area (TPSA) is 67.9 Å². The van der Waals surface area contributed by atoms with Crippen LogP contribution in [0.1, 0.15) is 29.8 Å². The summed E-state index contributed by atoms with van der Waals surface area (Å²) in [7, 11) is -0.0177. The number of thiocarbonyl (C=S) groups is 1. The Balaban J connectivity index is 1.98. The summed E-state index contributed by atoms with van der Waals surface area (Å²) in [5.41, 5.74) is 1.49. The van der Waals surface area contributed by atoms with Gasteiger partial charge in [-0.3, -0.25) is 4.79 Å². The number of aryl methyl sites for hydroxylation is 1. The van der Waals surface area contributed by atoms with E-state index < -0.39 is 12.0 Å². The lowest BCUT2D eigenvalue weighted by molar-refractivity contribution is -0.139. The van der Waals surface area contributed by atoms with Crippen LogP contribution < -0.4 is 10.1 Å². The smallest absolute Gasteiger partial charge is 0.331 e. The maximum absolute atomic E-state index is 13.5. The van der Waals surface area contributed by atoms with Crippen molar-refractivity contribution in [2.24, 2.45) is 5.92 Å². The Morgan fingerprint density at radius 1 is 1.26 bits per heavy atom. The molecule has 0 saturated heterocycles. The second kappa shape index (κ2) is 9.71. The van der Waals surface area contributed by atoms with E-state index in [1.807, 2.05) is 13.8 Å². The van der Waals surface area contributed by atoms with Crippen molar-refractivity contribution in [3.05, 3.63) is 53.3 Å². The number of nitrogens with one attached hydrogen (secondary N) is 1. The quantitative estimate of drug-likeness (QED) is 0.486. The SMILES string of the molecule is CPOC(=O)C(C(C)C)N1CC(=S)Nc2ccc(Oc3ccc(F)cc3C)cc2C1=O. The standard InChI is InChI=1S/C22H24FN2O4PS/c1-12(2)20(22(27)29-30-4)25-11-19(31)24-17-7-6-15(10-16(17)21(25)26)28-18-8-5-14(23)9-13(18)3/h5-10,12,20,30H,11H2,1-4H3,(H,24,31). The molecule has 31 heavy (non-hydrogen) atoms. The first-order chi connectivity index (χ1) is 14.7. The van der Waals surface area contributed by atoms with Crippen LogP contribution in [0.15, 0.2) is 36.4 Å². The third-order valence-corrected chi connectivity index (χ3v) is 5.48. The molecule has 1 aliphatic heterocycles. The zero-order valence-electron chi connectivity index (χ0n) is 17.7. The molecule has 1 heterocycles. The lowest BCUT2D eigenvalue weighted by Gasteiger charge is -2.31. The van der Waals surface area contributed by atoms with Gasteiger partial charge in [-0.05, 0) is 61.5 Å². The van der Waals surface area contributed by atoms with E-state index in [2.05, 4.69) is 5.32 Å². The fraction of sp³-hybridized carbons (Fsp3) is 0.318. The molecule has 0 saturated carbocycles. The number of rotatable bonds is 6. The monoisotopic (exact) mass is 462 g/mol. The molecule has 3 rings (SSSR count). The molecular weight excluding hydrogens is 438 g/mol. The average Bonchev–Trinajstić information content (AvgIpc) is 2.81. The van der Waals surface area contributed by atoms with Crippen molar-refractivity contribution < 1.29 is 23.2 Å². The van der Waals surface area contributed by atoms with Crippen molar-refractivity contribution in [3.63, 3.8) is 0 Å². The molecule has 0 aromatic heterocycles. The van der Waals surface area contributed by atoms with Gasteiger partial charge in [-0.15, -0.1) is 0 Å². The molecule has 0 fully saturated rings. The molecule has 0 aliphatic carbocycles. The van der Waals surface area contributed by atoms with Crippen molar-refractivity contribution in [2.75, 3.05) is 18.5 Å². The van der Waals surface area contributed by atoms with Crippen molar-refractivity contribution in [1.82, 2.24) is 4.90 Å². The van der Waals surface area contributed by atoms with Gasteiger partial charge in [-0.25, -0.2) is 9.18 Å². The van der Waals surface area contributed by atoms with Crippen molar-refractivity contribution in [3.8, 4) is 11.5 Å².